The lowest BCUT2D eigenvalue weighted by atomic mass is 10.1. The summed E-state index contributed by atoms with van der Waals surface area (Å²) in [6.07, 6.45) is 0.919. The number of nitrogens with zero attached hydrogens (tertiary/aromatic N) is 2. The Hall–Kier alpha value is -0.940. The maximum absolute atomic E-state index is 13.8. The topological polar surface area (TPSA) is 23.6 Å². The van der Waals surface area contributed by atoms with Gasteiger partial charge < -0.3 is 9.80 Å². The third-order valence-corrected chi connectivity index (χ3v) is 3.96. The third-order valence-electron chi connectivity index (χ3n) is 3.47. The van der Waals surface area contributed by atoms with Crippen molar-refractivity contribution in [2.75, 3.05) is 26.7 Å². The molecule has 1 amide bonds. The van der Waals surface area contributed by atoms with Gasteiger partial charge in [0.2, 0.25) is 0 Å². The second-order valence-electron chi connectivity index (χ2n) is 5.09. The van der Waals surface area contributed by atoms with Crippen LogP contribution in [0.4, 0.5) is 4.39 Å². The van der Waals surface area contributed by atoms with E-state index < -0.39 is 5.82 Å². The summed E-state index contributed by atoms with van der Waals surface area (Å²) >= 11 is 3.28. The van der Waals surface area contributed by atoms with E-state index >= 15 is 0 Å². The number of hydrogen-bond donors (Lipinski definition) is 0. The van der Waals surface area contributed by atoms with E-state index in [1.165, 1.54) is 6.07 Å². The zero-order valence-corrected chi connectivity index (χ0v) is 12.8. The average Bonchev–Trinajstić information content (AvgIpc) is 2.52. The number of halogens is 2. The molecule has 1 aliphatic heterocycles. The summed E-state index contributed by atoms with van der Waals surface area (Å²) in [5.41, 5.74) is 0.144. The van der Waals surface area contributed by atoms with Crippen LogP contribution in [0.25, 0.3) is 0 Å². The molecule has 3 nitrogen and oxygen atoms in total. The van der Waals surface area contributed by atoms with Crippen molar-refractivity contribution in [3.63, 3.8) is 0 Å². The molecule has 0 bridgehead atoms. The van der Waals surface area contributed by atoms with Gasteiger partial charge in [0, 0.05) is 23.6 Å². The van der Waals surface area contributed by atoms with Crippen LogP contribution in [-0.2, 0) is 0 Å². The number of benzene rings is 1. The zero-order valence-electron chi connectivity index (χ0n) is 11.2. The largest absolute Gasteiger partial charge is 0.335 e. The smallest absolute Gasteiger partial charge is 0.257 e. The van der Waals surface area contributed by atoms with Gasteiger partial charge in [-0.15, -0.1) is 0 Å². The Bertz CT molecular complexity index is 481. The predicted molar refractivity (Wildman–Crippen MR) is 76.7 cm³/mol. The fraction of sp³-hybridized carbons (Fsp3) is 0.500. The van der Waals surface area contributed by atoms with Crippen molar-refractivity contribution in [2.45, 2.75) is 19.4 Å². The highest BCUT2D eigenvalue weighted by molar-refractivity contribution is 9.10. The van der Waals surface area contributed by atoms with E-state index in [9.17, 15) is 9.18 Å². The van der Waals surface area contributed by atoms with E-state index in [4.69, 9.17) is 0 Å². The van der Waals surface area contributed by atoms with Crippen LogP contribution in [0, 0.1) is 5.82 Å². The van der Waals surface area contributed by atoms with E-state index in [1.807, 2.05) is 14.0 Å². The van der Waals surface area contributed by atoms with Gasteiger partial charge in [0.05, 0.1) is 5.56 Å². The molecule has 0 aromatic heterocycles. The highest BCUT2D eigenvalue weighted by Crippen LogP contribution is 2.19. The van der Waals surface area contributed by atoms with Crippen molar-refractivity contribution >= 4 is 21.8 Å². The molecule has 19 heavy (non-hydrogen) atoms. The minimum absolute atomic E-state index is 0.0957. The van der Waals surface area contributed by atoms with Gasteiger partial charge in [-0.05, 0) is 45.1 Å². The number of carbonyl (C=O) groups excluding carboxylic acids is 1. The molecule has 2 rings (SSSR count). The van der Waals surface area contributed by atoms with Crippen LogP contribution in [0.3, 0.4) is 0 Å². The molecule has 1 aliphatic rings. The molecule has 1 aromatic rings. The molecule has 0 spiro atoms. The minimum Gasteiger partial charge on any atom is -0.335 e. The highest BCUT2D eigenvalue weighted by Gasteiger charge is 2.26. The van der Waals surface area contributed by atoms with Crippen molar-refractivity contribution in [3.05, 3.63) is 34.1 Å². The SMILES string of the molecule is CC1CN(C)CCCN1C(=O)c1cc(Br)ccc1F. The fourth-order valence-electron chi connectivity index (χ4n) is 2.49. The quantitative estimate of drug-likeness (QED) is 0.791. The van der Waals surface area contributed by atoms with Crippen LogP contribution < -0.4 is 0 Å². The monoisotopic (exact) mass is 328 g/mol. The minimum atomic E-state index is -0.460. The number of likely N-dealkylation sites (N-methyl/N-ethyl adjacent to an activating group) is 1. The van der Waals surface area contributed by atoms with E-state index in [0.717, 1.165) is 24.0 Å². The van der Waals surface area contributed by atoms with Gasteiger partial charge >= 0.3 is 0 Å². The van der Waals surface area contributed by atoms with Gasteiger partial charge in [-0.2, -0.15) is 0 Å². The molecule has 1 heterocycles. The van der Waals surface area contributed by atoms with Crippen LogP contribution in [0.2, 0.25) is 0 Å². The highest BCUT2D eigenvalue weighted by atomic mass is 79.9. The van der Waals surface area contributed by atoms with Gasteiger partial charge in [0.15, 0.2) is 0 Å². The van der Waals surface area contributed by atoms with Gasteiger partial charge in [-0.3, -0.25) is 4.79 Å². The van der Waals surface area contributed by atoms with Crippen molar-refractivity contribution < 1.29 is 9.18 Å². The Morgan fingerprint density at radius 3 is 2.89 bits per heavy atom. The second-order valence-corrected chi connectivity index (χ2v) is 6.00. The first kappa shape index (κ1) is 14.5. The molecule has 1 atom stereocenters. The summed E-state index contributed by atoms with van der Waals surface area (Å²) in [6, 6.07) is 4.58. The maximum atomic E-state index is 13.8. The second kappa shape index (κ2) is 6.01. The Kier molecular flexibility index (Phi) is 4.58. The molecule has 0 saturated carbocycles. The molecule has 1 aromatic carbocycles. The molecule has 104 valence electrons. The number of carbonyl (C=O) groups is 1. The van der Waals surface area contributed by atoms with Crippen LogP contribution in [0.5, 0.6) is 0 Å². The Morgan fingerprint density at radius 2 is 2.16 bits per heavy atom. The van der Waals surface area contributed by atoms with Crippen LogP contribution in [0.1, 0.15) is 23.7 Å². The molecule has 5 heteroatoms. The lowest BCUT2D eigenvalue weighted by molar-refractivity contribution is 0.0691. The average molecular weight is 329 g/mol. The number of hydrogen-bond acceptors (Lipinski definition) is 2. The molecule has 0 aliphatic carbocycles. The lowest BCUT2D eigenvalue weighted by Gasteiger charge is -2.28. The van der Waals surface area contributed by atoms with E-state index in [-0.39, 0.29) is 17.5 Å². The molecule has 0 N–H and O–H groups in total. The van der Waals surface area contributed by atoms with Crippen molar-refractivity contribution in [3.8, 4) is 0 Å². The standard InChI is InChI=1S/C14H18BrFN2O/c1-10-9-17(2)6-3-7-18(10)14(19)12-8-11(15)4-5-13(12)16/h4-5,8,10H,3,6-7,9H2,1-2H3. The molecule has 1 unspecified atom stereocenters. The Balaban J connectivity index is 2.25. The Morgan fingerprint density at radius 1 is 1.42 bits per heavy atom. The summed E-state index contributed by atoms with van der Waals surface area (Å²) in [5.74, 6) is -0.681. The van der Waals surface area contributed by atoms with E-state index in [1.54, 1.807) is 17.0 Å². The van der Waals surface area contributed by atoms with E-state index in [0.29, 0.717) is 6.54 Å². The molecule has 1 saturated heterocycles. The predicted octanol–water partition coefficient (Wildman–Crippen LogP) is 2.75. The summed E-state index contributed by atoms with van der Waals surface area (Å²) in [4.78, 5) is 16.5. The first-order valence-corrected chi connectivity index (χ1v) is 7.23. The molecule has 1 fully saturated rings. The molecule has 0 radical (unpaired) electrons. The van der Waals surface area contributed by atoms with Crippen molar-refractivity contribution in [2.24, 2.45) is 0 Å². The number of rotatable bonds is 1. The fourth-order valence-corrected chi connectivity index (χ4v) is 2.85. The van der Waals surface area contributed by atoms with Gasteiger partial charge in [0.25, 0.3) is 5.91 Å². The summed E-state index contributed by atoms with van der Waals surface area (Å²) in [7, 11) is 2.05. The van der Waals surface area contributed by atoms with E-state index in [2.05, 4.69) is 20.8 Å². The van der Waals surface area contributed by atoms with Crippen LogP contribution in [0.15, 0.2) is 22.7 Å². The van der Waals surface area contributed by atoms with Gasteiger partial charge in [-0.25, -0.2) is 4.39 Å². The normalized spacial score (nSPS) is 21.3. The van der Waals surface area contributed by atoms with Gasteiger partial charge in [-0.1, -0.05) is 15.9 Å². The van der Waals surface area contributed by atoms with Crippen molar-refractivity contribution in [1.82, 2.24) is 9.80 Å². The number of amides is 1. The first-order valence-electron chi connectivity index (χ1n) is 6.43. The molecular formula is C14H18BrFN2O. The Labute approximate surface area is 121 Å². The third kappa shape index (κ3) is 3.34. The molecular weight excluding hydrogens is 311 g/mol. The van der Waals surface area contributed by atoms with Crippen molar-refractivity contribution in [1.29, 1.82) is 0 Å². The summed E-state index contributed by atoms with van der Waals surface area (Å²) in [6.45, 7) is 4.47. The van der Waals surface area contributed by atoms with Gasteiger partial charge in [0.1, 0.15) is 5.82 Å². The zero-order chi connectivity index (χ0) is 14.0. The van der Waals surface area contributed by atoms with Crippen LogP contribution >= 0.6 is 15.9 Å². The lowest BCUT2D eigenvalue weighted by Crippen LogP contribution is -2.42. The first-order chi connectivity index (χ1) is 8.99. The summed E-state index contributed by atoms with van der Waals surface area (Å²) < 4.78 is 14.5. The van der Waals surface area contributed by atoms with Crippen LogP contribution in [-0.4, -0.2) is 48.4 Å². The maximum Gasteiger partial charge on any atom is 0.257 e. The summed E-state index contributed by atoms with van der Waals surface area (Å²) in [5, 5.41) is 0.